The Morgan fingerprint density at radius 1 is 1.04 bits per heavy atom. The van der Waals surface area contributed by atoms with Gasteiger partial charge in [0.1, 0.15) is 17.3 Å². The van der Waals surface area contributed by atoms with Crippen molar-refractivity contribution in [1.29, 1.82) is 0 Å². The average Bonchev–Trinajstić information content (AvgIpc) is 3.13. The fourth-order valence-corrected chi connectivity index (χ4v) is 2.60. The average molecular weight is 345 g/mol. The van der Waals surface area contributed by atoms with Gasteiger partial charge in [0.05, 0.1) is 25.3 Å². The molecule has 7 nitrogen and oxygen atoms in total. The van der Waals surface area contributed by atoms with E-state index in [-0.39, 0.29) is 11.6 Å². The van der Waals surface area contributed by atoms with Gasteiger partial charge in [-0.25, -0.2) is 18.3 Å². The molecule has 0 radical (unpaired) electrons. The molecule has 0 aliphatic carbocycles. The minimum Gasteiger partial charge on any atom is -0.493 e. The Balaban J connectivity index is 1.80. The van der Waals surface area contributed by atoms with E-state index < -0.39 is 11.6 Å². The smallest absolute Gasteiger partial charge is 0.253 e. The number of hydrogen-bond donors (Lipinski definition) is 2. The van der Waals surface area contributed by atoms with Gasteiger partial charge in [-0.2, -0.15) is 4.98 Å². The van der Waals surface area contributed by atoms with E-state index in [1.54, 1.807) is 16.6 Å². The van der Waals surface area contributed by atoms with Crippen molar-refractivity contribution in [1.82, 2.24) is 19.6 Å². The van der Waals surface area contributed by atoms with Gasteiger partial charge in [-0.15, -0.1) is 0 Å². The minimum absolute atomic E-state index is 0.156. The first kappa shape index (κ1) is 15.2. The Morgan fingerprint density at radius 2 is 1.72 bits per heavy atom. The van der Waals surface area contributed by atoms with Crippen LogP contribution in [0.2, 0.25) is 0 Å². The molecular weight excluding hydrogens is 332 g/mol. The summed E-state index contributed by atoms with van der Waals surface area (Å²) in [7, 11) is 3.07. The number of rotatable bonds is 4. The molecule has 0 spiro atoms. The number of hydrogen-bond acceptors (Lipinski definition) is 5. The van der Waals surface area contributed by atoms with Gasteiger partial charge in [0.25, 0.3) is 5.78 Å². The SMILES string of the molecule is COc1cc2nc3nc(Nc4c(F)cccc4F)[nH]n3c2cc1OC. The third-order valence-electron chi connectivity index (χ3n) is 3.78. The maximum atomic E-state index is 13.8. The van der Waals surface area contributed by atoms with E-state index >= 15 is 0 Å². The number of aromatic amines is 1. The van der Waals surface area contributed by atoms with Gasteiger partial charge in [-0.3, -0.25) is 5.10 Å². The van der Waals surface area contributed by atoms with Gasteiger partial charge in [-0.05, 0) is 12.1 Å². The molecule has 0 bridgehead atoms. The second kappa shape index (κ2) is 5.62. The summed E-state index contributed by atoms with van der Waals surface area (Å²) in [6.07, 6.45) is 0. The number of nitrogens with one attached hydrogen (secondary N) is 2. The van der Waals surface area contributed by atoms with Crippen molar-refractivity contribution in [3.63, 3.8) is 0 Å². The van der Waals surface area contributed by atoms with Crippen LogP contribution in [-0.4, -0.2) is 33.8 Å². The van der Waals surface area contributed by atoms with E-state index in [0.717, 1.165) is 12.1 Å². The van der Waals surface area contributed by atoms with Crippen molar-refractivity contribution in [2.75, 3.05) is 19.5 Å². The molecule has 2 heterocycles. The summed E-state index contributed by atoms with van der Waals surface area (Å²) in [6, 6.07) is 7.07. The summed E-state index contributed by atoms with van der Waals surface area (Å²) in [6.45, 7) is 0. The van der Waals surface area contributed by atoms with Crippen LogP contribution >= 0.6 is 0 Å². The number of imidazole rings is 1. The lowest BCUT2D eigenvalue weighted by atomic mass is 10.3. The zero-order valence-electron chi connectivity index (χ0n) is 13.3. The van der Waals surface area contributed by atoms with Crippen LogP contribution in [0.15, 0.2) is 30.3 Å². The van der Waals surface area contributed by atoms with Crippen LogP contribution in [0.25, 0.3) is 16.8 Å². The molecule has 0 aliphatic heterocycles. The molecule has 2 aromatic carbocycles. The number of halogens is 2. The molecule has 4 aromatic rings. The zero-order chi connectivity index (χ0) is 17.6. The quantitative estimate of drug-likeness (QED) is 0.594. The van der Waals surface area contributed by atoms with Crippen molar-refractivity contribution in [2.45, 2.75) is 0 Å². The second-order valence-corrected chi connectivity index (χ2v) is 5.24. The van der Waals surface area contributed by atoms with Crippen LogP contribution in [0, 0.1) is 11.6 Å². The minimum atomic E-state index is -0.717. The maximum absolute atomic E-state index is 13.8. The highest BCUT2D eigenvalue weighted by atomic mass is 19.1. The highest BCUT2D eigenvalue weighted by Crippen LogP contribution is 2.32. The van der Waals surface area contributed by atoms with Crippen molar-refractivity contribution in [3.8, 4) is 11.5 Å². The molecule has 0 saturated heterocycles. The van der Waals surface area contributed by atoms with Crippen LogP contribution in [0.3, 0.4) is 0 Å². The first-order valence-electron chi connectivity index (χ1n) is 7.32. The fourth-order valence-electron chi connectivity index (χ4n) is 2.60. The molecule has 0 amide bonds. The largest absolute Gasteiger partial charge is 0.493 e. The molecule has 2 aromatic heterocycles. The third-order valence-corrected chi connectivity index (χ3v) is 3.78. The van der Waals surface area contributed by atoms with Crippen LogP contribution in [0.5, 0.6) is 11.5 Å². The molecule has 0 aliphatic rings. The number of methoxy groups -OCH3 is 2. The highest BCUT2D eigenvalue weighted by Gasteiger charge is 2.16. The van der Waals surface area contributed by atoms with Gasteiger partial charge in [0.2, 0.25) is 5.95 Å². The molecule has 0 atom stereocenters. The summed E-state index contributed by atoms with van der Waals surface area (Å²) >= 11 is 0. The van der Waals surface area contributed by atoms with Gasteiger partial charge in [0, 0.05) is 12.1 Å². The van der Waals surface area contributed by atoms with Gasteiger partial charge >= 0.3 is 0 Å². The van der Waals surface area contributed by atoms with Crippen molar-refractivity contribution in [3.05, 3.63) is 42.0 Å². The van der Waals surface area contributed by atoms with Crippen molar-refractivity contribution in [2.24, 2.45) is 0 Å². The zero-order valence-corrected chi connectivity index (χ0v) is 13.3. The number of benzene rings is 2. The number of aromatic nitrogens is 4. The Bertz CT molecular complexity index is 1070. The lowest BCUT2D eigenvalue weighted by Gasteiger charge is -2.07. The number of anilines is 2. The van der Waals surface area contributed by atoms with Crippen molar-refractivity contribution < 1.29 is 18.3 Å². The highest BCUT2D eigenvalue weighted by molar-refractivity contribution is 5.83. The van der Waals surface area contributed by atoms with Gasteiger partial charge in [-0.1, -0.05) is 6.07 Å². The van der Waals surface area contributed by atoms with E-state index in [1.807, 2.05) is 0 Å². The number of ether oxygens (including phenoxy) is 2. The van der Waals surface area contributed by atoms with Gasteiger partial charge in [0.15, 0.2) is 11.5 Å². The van der Waals surface area contributed by atoms with E-state index in [1.165, 1.54) is 20.3 Å². The molecule has 0 unspecified atom stereocenters. The summed E-state index contributed by atoms with van der Waals surface area (Å²) in [5.74, 6) is 0.131. The first-order valence-corrected chi connectivity index (χ1v) is 7.32. The molecule has 0 saturated carbocycles. The molecule has 128 valence electrons. The molecule has 4 rings (SSSR count). The molecule has 2 N–H and O–H groups in total. The molecule has 9 heteroatoms. The monoisotopic (exact) mass is 345 g/mol. The fraction of sp³-hybridized carbons (Fsp3) is 0.125. The number of fused-ring (bicyclic) bond motifs is 3. The number of H-pyrrole nitrogens is 1. The van der Waals surface area contributed by atoms with E-state index in [2.05, 4.69) is 20.4 Å². The number of para-hydroxylation sites is 1. The van der Waals surface area contributed by atoms with E-state index in [4.69, 9.17) is 9.47 Å². The molecular formula is C16H13F2N5O2. The van der Waals surface area contributed by atoms with Crippen LogP contribution in [0.1, 0.15) is 0 Å². The summed E-state index contributed by atoms with van der Waals surface area (Å²) in [4.78, 5) is 8.57. The maximum Gasteiger partial charge on any atom is 0.253 e. The lowest BCUT2D eigenvalue weighted by Crippen LogP contribution is -1.99. The summed E-state index contributed by atoms with van der Waals surface area (Å²) < 4.78 is 39.6. The van der Waals surface area contributed by atoms with Crippen LogP contribution < -0.4 is 14.8 Å². The normalized spacial score (nSPS) is 11.2. The lowest BCUT2D eigenvalue weighted by molar-refractivity contribution is 0.355. The molecule has 25 heavy (non-hydrogen) atoms. The standard InChI is InChI=1S/C16H13F2N5O2/c1-24-12-6-10-11(7-13(12)25-2)23-16(19-10)21-15(22-23)20-14-8(17)4-3-5-9(14)18/h3-7H,1-2H3,(H2,19,20,21,22). The summed E-state index contributed by atoms with van der Waals surface area (Å²) in [5.41, 5.74) is 1.03. The van der Waals surface area contributed by atoms with E-state index in [0.29, 0.717) is 28.3 Å². The van der Waals surface area contributed by atoms with Gasteiger partial charge < -0.3 is 14.8 Å². The van der Waals surface area contributed by atoms with E-state index in [9.17, 15) is 8.78 Å². The predicted octanol–water partition coefficient (Wildman–Crippen LogP) is 3.25. The topological polar surface area (TPSA) is 76.5 Å². The third kappa shape index (κ3) is 2.40. The van der Waals surface area contributed by atoms with Crippen LogP contribution in [0.4, 0.5) is 20.4 Å². The Kier molecular flexibility index (Phi) is 3.41. The first-order chi connectivity index (χ1) is 12.1. The predicted molar refractivity (Wildman–Crippen MR) is 87.6 cm³/mol. The molecule has 0 fully saturated rings. The Hall–Kier alpha value is -3.36. The summed E-state index contributed by atoms with van der Waals surface area (Å²) in [5, 5.41) is 5.51. The number of nitrogens with zero attached hydrogens (tertiary/aromatic N) is 3. The van der Waals surface area contributed by atoms with Crippen molar-refractivity contribution >= 4 is 28.4 Å². The van der Waals surface area contributed by atoms with Crippen LogP contribution in [-0.2, 0) is 0 Å². The Morgan fingerprint density at radius 3 is 2.40 bits per heavy atom. The Labute approximate surface area is 140 Å². The second-order valence-electron chi connectivity index (χ2n) is 5.24.